The maximum atomic E-state index is 13.3. The second-order valence-electron chi connectivity index (χ2n) is 7.77. The summed E-state index contributed by atoms with van der Waals surface area (Å²) >= 11 is 0. The number of anilines is 3. The Hall–Kier alpha value is -3.04. The number of ether oxygens (including phenoxy) is 1. The Bertz CT molecular complexity index is 974. The monoisotopic (exact) mass is 421 g/mol. The van der Waals surface area contributed by atoms with E-state index in [9.17, 15) is 18.0 Å². The van der Waals surface area contributed by atoms with E-state index in [2.05, 4.69) is 20.6 Å². The fourth-order valence-electron chi connectivity index (χ4n) is 3.59. The first-order valence-electron chi connectivity index (χ1n) is 9.70. The average Bonchev–Trinajstić information content (AvgIpc) is 2.67. The highest BCUT2D eigenvalue weighted by Gasteiger charge is 2.32. The number of halogens is 3. The minimum Gasteiger partial charge on any atom is -0.490 e. The molecule has 1 fully saturated rings. The summed E-state index contributed by atoms with van der Waals surface area (Å²) in [6.07, 6.45) is 1.18. The van der Waals surface area contributed by atoms with Gasteiger partial charge in [0.15, 0.2) is 23.3 Å². The summed E-state index contributed by atoms with van der Waals surface area (Å²) in [7, 11) is 1.81. The summed E-state index contributed by atoms with van der Waals surface area (Å²) in [5, 5.41) is 6.04. The minimum absolute atomic E-state index is 0.0179. The smallest absolute Gasteiger partial charge is 0.246 e. The second-order valence-corrected chi connectivity index (χ2v) is 7.77. The third-order valence-electron chi connectivity index (χ3n) is 5.61. The Kier molecular flexibility index (Phi) is 5.17. The molecule has 1 saturated carbocycles. The Morgan fingerprint density at radius 1 is 1.23 bits per heavy atom. The summed E-state index contributed by atoms with van der Waals surface area (Å²) < 4.78 is 45.1. The fourth-order valence-corrected chi connectivity index (χ4v) is 3.59. The van der Waals surface area contributed by atoms with E-state index in [1.165, 1.54) is 0 Å². The molecule has 2 N–H and O–H groups in total. The minimum atomic E-state index is -1.50. The van der Waals surface area contributed by atoms with Crippen LogP contribution in [0.15, 0.2) is 12.1 Å². The van der Waals surface area contributed by atoms with E-state index >= 15 is 0 Å². The molecule has 1 amide bonds. The van der Waals surface area contributed by atoms with E-state index in [4.69, 9.17) is 4.74 Å². The van der Waals surface area contributed by atoms with Gasteiger partial charge in [0.2, 0.25) is 11.9 Å². The standard InChI is InChI=1S/C20H22F3N5O2/c1-9-17-18(28(3)10(2)19(29)26-17)27-20(25-9)24-8-11-4-12(5-11)30-13-6-14(21)16(23)15(22)7-13/h6-7,10-12H,4-5,8H2,1-3H3,(H,26,29)(H,24,25,27)/t10-,11?,12?/m0/s1. The largest absolute Gasteiger partial charge is 0.490 e. The average molecular weight is 421 g/mol. The number of fused-ring (bicyclic) bond motifs is 1. The zero-order valence-electron chi connectivity index (χ0n) is 16.8. The normalized spacial score (nSPS) is 22.8. The molecule has 0 saturated heterocycles. The molecule has 30 heavy (non-hydrogen) atoms. The van der Waals surface area contributed by atoms with Crippen molar-refractivity contribution in [2.75, 3.05) is 29.1 Å². The van der Waals surface area contributed by atoms with E-state index in [0.29, 0.717) is 42.5 Å². The van der Waals surface area contributed by atoms with Gasteiger partial charge in [-0.05, 0) is 32.6 Å². The molecule has 1 aliphatic heterocycles. The van der Waals surface area contributed by atoms with Crippen molar-refractivity contribution in [1.29, 1.82) is 0 Å². The van der Waals surface area contributed by atoms with Gasteiger partial charge in [0, 0.05) is 25.7 Å². The predicted molar refractivity (Wildman–Crippen MR) is 105 cm³/mol. The first-order valence-corrected chi connectivity index (χ1v) is 9.70. The van der Waals surface area contributed by atoms with Crippen molar-refractivity contribution < 1.29 is 22.7 Å². The molecular weight excluding hydrogens is 399 g/mol. The molecule has 2 aliphatic rings. The molecule has 1 aliphatic carbocycles. The van der Waals surface area contributed by atoms with E-state index in [0.717, 1.165) is 12.1 Å². The Morgan fingerprint density at radius 2 is 1.90 bits per heavy atom. The Balaban J connectivity index is 1.33. The molecule has 2 heterocycles. The van der Waals surface area contributed by atoms with Crippen LogP contribution in [-0.4, -0.2) is 41.6 Å². The van der Waals surface area contributed by atoms with Crippen molar-refractivity contribution in [2.24, 2.45) is 5.92 Å². The molecule has 10 heteroatoms. The lowest BCUT2D eigenvalue weighted by Gasteiger charge is -2.36. The molecule has 2 aromatic rings. The number of amides is 1. The first kappa shape index (κ1) is 20.2. The van der Waals surface area contributed by atoms with Crippen LogP contribution in [-0.2, 0) is 4.79 Å². The van der Waals surface area contributed by atoms with E-state index < -0.39 is 17.5 Å². The van der Waals surface area contributed by atoms with Crippen molar-refractivity contribution in [1.82, 2.24) is 9.97 Å². The molecule has 1 atom stereocenters. The molecule has 0 unspecified atom stereocenters. The van der Waals surface area contributed by atoms with Crippen LogP contribution < -0.4 is 20.3 Å². The lowest BCUT2D eigenvalue weighted by molar-refractivity contribution is -0.117. The van der Waals surface area contributed by atoms with Crippen LogP contribution in [0.25, 0.3) is 0 Å². The number of likely N-dealkylation sites (N-methyl/N-ethyl adjacent to an activating group) is 1. The summed E-state index contributed by atoms with van der Waals surface area (Å²) in [6.45, 7) is 4.22. The summed E-state index contributed by atoms with van der Waals surface area (Å²) in [6, 6.07) is 1.37. The maximum absolute atomic E-state index is 13.3. The molecule has 0 spiro atoms. The summed E-state index contributed by atoms with van der Waals surface area (Å²) in [5.74, 6) is -2.74. The summed E-state index contributed by atoms with van der Waals surface area (Å²) in [4.78, 5) is 22.7. The molecule has 1 aromatic carbocycles. The van der Waals surface area contributed by atoms with Crippen LogP contribution in [0.1, 0.15) is 25.5 Å². The molecule has 7 nitrogen and oxygen atoms in total. The SMILES string of the molecule is Cc1nc(NCC2CC(Oc3cc(F)c(F)c(F)c3)C2)nc2c1NC(=O)[C@H](C)N2C. The van der Waals surface area contributed by atoms with Crippen molar-refractivity contribution in [3.05, 3.63) is 35.3 Å². The molecule has 4 rings (SSSR count). The van der Waals surface area contributed by atoms with Gasteiger partial charge < -0.3 is 20.3 Å². The van der Waals surface area contributed by atoms with Crippen LogP contribution in [0.2, 0.25) is 0 Å². The van der Waals surface area contributed by atoms with Gasteiger partial charge in [-0.25, -0.2) is 18.2 Å². The highest BCUT2D eigenvalue weighted by Crippen LogP contribution is 2.34. The van der Waals surface area contributed by atoms with Crippen molar-refractivity contribution >= 4 is 23.4 Å². The number of hydrogen-bond donors (Lipinski definition) is 2. The predicted octanol–water partition coefficient (Wildman–Crippen LogP) is 3.25. The lowest BCUT2D eigenvalue weighted by atomic mass is 9.82. The third-order valence-corrected chi connectivity index (χ3v) is 5.61. The van der Waals surface area contributed by atoms with Crippen molar-refractivity contribution in [3.63, 3.8) is 0 Å². The van der Waals surface area contributed by atoms with Crippen molar-refractivity contribution in [2.45, 2.75) is 38.8 Å². The second kappa shape index (κ2) is 7.66. The van der Waals surface area contributed by atoms with E-state index in [-0.39, 0.29) is 29.7 Å². The summed E-state index contributed by atoms with van der Waals surface area (Å²) in [5.41, 5.74) is 1.28. The molecule has 0 radical (unpaired) electrons. The fraction of sp³-hybridized carbons (Fsp3) is 0.450. The quantitative estimate of drug-likeness (QED) is 0.722. The van der Waals surface area contributed by atoms with Gasteiger partial charge in [-0.2, -0.15) is 4.98 Å². The number of aryl methyl sites for hydroxylation is 1. The van der Waals surface area contributed by atoms with Gasteiger partial charge in [0.1, 0.15) is 17.5 Å². The number of benzene rings is 1. The maximum Gasteiger partial charge on any atom is 0.246 e. The van der Waals surface area contributed by atoms with Crippen LogP contribution in [0.4, 0.5) is 30.6 Å². The van der Waals surface area contributed by atoms with Gasteiger partial charge in [-0.15, -0.1) is 0 Å². The highest BCUT2D eigenvalue weighted by atomic mass is 19.2. The number of carbonyl (C=O) groups excluding carboxylic acids is 1. The number of nitrogens with zero attached hydrogens (tertiary/aromatic N) is 3. The highest BCUT2D eigenvalue weighted by molar-refractivity contribution is 6.03. The van der Waals surface area contributed by atoms with Crippen LogP contribution in [0.5, 0.6) is 5.75 Å². The lowest BCUT2D eigenvalue weighted by Crippen LogP contribution is -2.45. The van der Waals surface area contributed by atoms with Gasteiger partial charge in [-0.3, -0.25) is 4.79 Å². The topological polar surface area (TPSA) is 79.4 Å². The van der Waals surface area contributed by atoms with Crippen LogP contribution in [0.3, 0.4) is 0 Å². The molecule has 1 aromatic heterocycles. The van der Waals surface area contributed by atoms with Gasteiger partial charge in [0.05, 0.1) is 11.8 Å². The molecule has 0 bridgehead atoms. The first-order chi connectivity index (χ1) is 14.2. The van der Waals surface area contributed by atoms with Gasteiger partial charge >= 0.3 is 0 Å². The van der Waals surface area contributed by atoms with Crippen LogP contribution >= 0.6 is 0 Å². The van der Waals surface area contributed by atoms with E-state index in [1.807, 2.05) is 18.9 Å². The van der Waals surface area contributed by atoms with Gasteiger partial charge in [-0.1, -0.05) is 0 Å². The molecular formula is C20H22F3N5O2. The van der Waals surface area contributed by atoms with Crippen molar-refractivity contribution in [3.8, 4) is 5.75 Å². The third kappa shape index (κ3) is 3.73. The number of rotatable bonds is 5. The van der Waals surface area contributed by atoms with E-state index in [1.54, 1.807) is 6.92 Å². The number of hydrogen-bond acceptors (Lipinski definition) is 6. The number of carbonyl (C=O) groups is 1. The zero-order chi connectivity index (χ0) is 21.6. The number of aromatic nitrogens is 2. The van der Waals surface area contributed by atoms with Crippen LogP contribution in [0, 0.1) is 30.3 Å². The van der Waals surface area contributed by atoms with Gasteiger partial charge in [0.25, 0.3) is 0 Å². The Morgan fingerprint density at radius 3 is 2.57 bits per heavy atom. The number of nitrogens with one attached hydrogen (secondary N) is 2. The molecule has 160 valence electrons. The Labute approximate surface area is 171 Å². The zero-order valence-corrected chi connectivity index (χ0v) is 16.8.